The maximum atomic E-state index is 12.6. The summed E-state index contributed by atoms with van der Waals surface area (Å²) in [5.41, 5.74) is 0.786. The Bertz CT molecular complexity index is 561. The van der Waals surface area contributed by atoms with Crippen LogP contribution in [-0.4, -0.2) is 29.3 Å². The predicted octanol–water partition coefficient (Wildman–Crippen LogP) is 2.87. The van der Waals surface area contributed by atoms with Crippen LogP contribution < -0.4 is 5.32 Å². The van der Waals surface area contributed by atoms with Gasteiger partial charge in [-0.05, 0) is 29.7 Å². The van der Waals surface area contributed by atoms with Gasteiger partial charge in [0.25, 0.3) is 0 Å². The molecule has 1 atom stereocenters. The average molecular weight is 329 g/mol. The fraction of sp³-hybridized carbons (Fsp3) is 0.467. The molecule has 2 amide bonds. The lowest BCUT2D eigenvalue weighted by atomic mass is 10.0. The summed E-state index contributed by atoms with van der Waals surface area (Å²) in [7, 11) is 0. The molecular formula is C15H18Cl2N2O2. The van der Waals surface area contributed by atoms with Crippen LogP contribution in [0.1, 0.15) is 25.8 Å². The van der Waals surface area contributed by atoms with Crippen molar-refractivity contribution in [3.8, 4) is 0 Å². The third-order valence-corrected chi connectivity index (χ3v) is 4.14. The molecule has 1 aromatic rings. The third-order valence-electron chi connectivity index (χ3n) is 3.54. The smallest absolute Gasteiger partial charge is 0.245 e. The van der Waals surface area contributed by atoms with E-state index in [0.717, 1.165) is 5.56 Å². The second kappa shape index (κ2) is 6.67. The Labute approximate surface area is 134 Å². The molecule has 1 aliphatic heterocycles. The van der Waals surface area contributed by atoms with Crippen molar-refractivity contribution in [3.63, 3.8) is 0 Å². The van der Waals surface area contributed by atoms with E-state index in [1.54, 1.807) is 23.1 Å². The molecule has 1 unspecified atom stereocenters. The number of hydrogen-bond acceptors (Lipinski definition) is 2. The standard InChI is InChI=1S/C15H18Cl2N2O2/c1-9(2)14-15(21)19(6-5-13(20)18-14)8-10-7-11(16)3-4-12(10)17/h3-4,7,9,14H,5-6,8H2,1-2H3,(H,18,20). The first-order valence-corrected chi connectivity index (χ1v) is 7.66. The predicted molar refractivity (Wildman–Crippen MR) is 83.3 cm³/mol. The third kappa shape index (κ3) is 3.89. The minimum Gasteiger partial charge on any atom is -0.344 e. The monoisotopic (exact) mass is 328 g/mol. The fourth-order valence-electron chi connectivity index (χ4n) is 2.33. The highest BCUT2D eigenvalue weighted by Gasteiger charge is 2.32. The number of halogens is 2. The lowest BCUT2D eigenvalue weighted by Crippen LogP contribution is -2.47. The maximum absolute atomic E-state index is 12.6. The maximum Gasteiger partial charge on any atom is 0.245 e. The zero-order valence-corrected chi connectivity index (χ0v) is 13.5. The van der Waals surface area contributed by atoms with Gasteiger partial charge in [0.1, 0.15) is 6.04 Å². The van der Waals surface area contributed by atoms with E-state index in [1.165, 1.54) is 0 Å². The first-order chi connectivity index (χ1) is 9.88. The molecule has 0 aliphatic carbocycles. The summed E-state index contributed by atoms with van der Waals surface area (Å²) in [6.45, 7) is 4.57. The summed E-state index contributed by atoms with van der Waals surface area (Å²) >= 11 is 12.1. The van der Waals surface area contributed by atoms with Gasteiger partial charge >= 0.3 is 0 Å². The van der Waals surface area contributed by atoms with E-state index in [9.17, 15) is 9.59 Å². The van der Waals surface area contributed by atoms with E-state index in [0.29, 0.717) is 29.6 Å². The highest BCUT2D eigenvalue weighted by Crippen LogP contribution is 2.23. The van der Waals surface area contributed by atoms with Gasteiger partial charge in [-0.15, -0.1) is 0 Å². The Hall–Kier alpha value is -1.26. The van der Waals surface area contributed by atoms with Gasteiger partial charge in [0.05, 0.1) is 0 Å². The molecule has 21 heavy (non-hydrogen) atoms. The van der Waals surface area contributed by atoms with Gasteiger partial charge in [-0.25, -0.2) is 0 Å². The minimum atomic E-state index is -0.488. The van der Waals surface area contributed by atoms with Gasteiger partial charge in [-0.1, -0.05) is 37.0 Å². The second-order valence-electron chi connectivity index (χ2n) is 5.53. The Kier molecular flexibility index (Phi) is 5.12. The largest absolute Gasteiger partial charge is 0.344 e. The minimum absolute atomic E-state index is 0.0388. The van der Waals surface area contributed by atoms with Crippen LogP contribution in [-0.2, 0) is 16.1 Å². The molecule has 1 saturated heterocycles. The number of nitrogens with one attached hydrogen (secondary N) is 1. The van der Waals surface area contributed by atoms with Gasteiger partial charge in [0.2, 0.25) is 11.8 Å². The molecule has 6 heteroatoms. The van der Waals surface area contributed by atoms with Crippen molar-refractivity contribution in [1.82, 2.24) is 10.2 Å². The highest BCUT2D eigenvalue weighted by atomic mass is 35.5. The molecule has 0 bridgehead atoms. The number of rotatable bonds is 3. The van der Waals surface area contributed by atoms with E-state index in [2.05, 4.69) is 5.32 Å². The molecule has 1 aliphatic rings. The fourth-order valence-corrected chi connectivity index (χ4v) is 2.70. The summed E-state index contributed by atoms with van der Waals surface area (Å²) in [5, 5.41) is 3.92. The van der Waals surface area contributed by atoms with Crippen molar-refractivity contribution >= 4 is 35.0 Å². The average Bonchev–Trinajstić information content (AvgIpc) is 2.56. The summed E-state index contributed by atoms with van der Waals surface area (Å²) in [4.78, 5) is 26.0. The van der Waals surface area contributed by atoms with Gasteiger partial charge in [-0.3, -0.25) is 9.59 Å². The second-order valence-corrected chi connectivity index (χ2v) is 6.38. The van der Waals surface area contributed by atoms with Crippen LogP contribution >= 0.6 is 23.2 Å². The van der Waals surface area contributed by atoms with Crippen molar-refractivity contribution in [2.45, 2.75) is 32.9 Å². The zero-order chi connectivity index (χ0) is 15.6. The quantitative estimate of drug-likeness (QED) is 0.927. The molecule has 0 saturated carbocycles. The SMILES string of the molecule is CC(C)C1NC(=O)CCN(Cc2cc(Cl)ccc2Cl)C1=O. The highest BCUT2D eigenvalue weighted by molar-refractivity contribution is 6.33. The molecule has 0 radical (unpaired) electrons. The van der Waals surface area contributed by atoms with Crippen molar-refractivity contribution in [3.05, 3.63) is 33.8 Å². The molecule has 114 valence electrons. The van der Waals surface area contributed by atoms with Crippen LogP contribution in [0, 0.1) is 5.92 Å². The molecule has 0 spiro atoms. The Morgan fingerprint density at radius 1 is 1.33 bits per heavy atom. The molecule has 0 aromatic heterocycles. The first-order valence-electron chi connectivity index (χ1n) is 6.90. The summed E-state index contributed by atoms with van der Waals surface area (Å²) in [5.74, 6) is -0.134. The van der Waals surface area contributed by atoms with Crippen LogP contribution in [0.4, 0.5) is 0 Å². The summed E-state index contributed by atoms with van der Waals surface area (Å²) < 4.78 is 0. The number of amides is 2. The van der Waals surface area contributed by atoms with E-state index in [-0.39, 0.29) is 17.7 Å². The molecule has 1 heterocycles. The normalized spacial score (nSPS) is 19.7. The molecule has 4 nitrogen and oxygen atoms in total. The summed E-state index contributed by atoms with van der Waals surface area (Å²) in [6.07, 6.45) is 0.299. The van der Waals surface area contributed by atoms with E-state index < -0.39 is 6.04 Å². The number of hydrogen-bond donors (Lipinski definition) is 1. The number of nitrogens with zero attached hydrogens (tertiary/aromatic N) is 1. The van der Waals surface area contributed by atoms with Crippen LogP contribution in [0.25, 0.3) is 0 Å². The Morgan fingerprint density at radius 2 is 2.05 bits per heavy atom. The van der Waals surface area contributed by atoms with Crippen LogP contribution in [0.5, 0.6) is 0 Å². The van der Waals surface area contributed by atoms with Crippen molar-refractivity contribution in [2.24, 2.45) is 5.92 Å². The Morgan fingerprint density at radius 3 is 2.71 bits per heavy atom. The Balaban J connectivity index is 2.23. The lowest BCUT2D eigenvalue weighted by molar-refractivity contribution is -0.135. The number of benzene rings is 1. The topological polar surface area (TPSA) is 49.4 Å². The van der Waals surface area contributed by atoms with E-state index in [4.69, 9.17) is 23.2 Å². The van der Waals surface area contributed by atoms with Gasteiger partial charge in [0.15, 0.2) is 0 Å². The van der Waals surface area contributed by atoms with Crippen molar-refractivity contribution in [2.75, 3.05) is 6.54 Å². The number of carbonyl (C=O) groups excluding carboxylic acids is 2. The van der Waals surface area contributed by atoms with Crippen LogP contribution in [0.2, 0.25) is 10.0 Å². The number of carbonyl (C=O) groups is 2. The van der Waals surface area contributed by atoms with E-state index >= 15 is 0 Å². The zero-order valence-electron chi connectivity index (χ0n) is 12.0. The molecular weight excluding hydrogens is 311 g/mol. The van der Waals surface area contributed by atoms with Crippen LogP contribution in [0.15, 0.2) is 18.2 Å². The van der Waals surface area contributed by atoms with Crippen LogP contribution in [0.3, 0.4) is 0 Å². The molecule has 2 rings (SSSR count). The molecule has 1 fully saturated rings. The molecule has 1 aromatic carbocycles. The van der Waals surface area contributed by atoms with Gasteiger partial charge < -0.3 is 10.2 Å². The lowest BCUT2D eigenvalue weighted by Gasteiger charge is -2.26. The summed E-state index contributed by atoms with van der Waals surface area (Å²) in [6, 6.07) is 4.68. The first kappa shape index (κ1) is 16.1. The van der Waals surface area contributed by atoms with Gasteiger partial charge in [-0.2, -0.15) is 0 Å². The van der Waals surface area contributed by atoms with E-state index in [1.807, 2.05) is 13.8 Å². The van der Waals surface area contributed by atoms with Gasteiger partial charge in [0, 0.05) is 29.6 Å². The molecule has 1 N–H and O–H groups in total. The van der Waals surface area contributed by atoms with Crippen molar-refractivity contribution < 1.29 is 9.59 Å². The van der Waals surface area contributed by atoms with Crippen molar-refractivity contribution in [1.29, 1.82) is 0 Å².